The number of carbonyl (C=O) groups is 1. The van der Waals surface area contributed by atoms with E-state index < -0.39 is 0 Å². The van der Waals surface area contributed by atoms with Crippen molar-refractivity contribution in [2.24, 2.45) is 0 Å². The van der Waals surface area contributed by atoms with Crippen LogP contribution in [0.25, 0.3) is 0 Å². The summed E-state index contributed by atoms with van der Waals surface area (Å²) >= 11 is 1.39. The summed E-state index contributed by atoms with van der Waals surface area (Å²) in [6, 6.07) is 1.74. The molecule has 8 heteroatoms. The second-order valence-electron chi connectivity index (χ2n) is 4.71. The molecule has 0 bridgehead atoms. The van der Waals surface area contributed by atoms with Gasteiger partial charge in [-0.05, 0) is 21.0 Å². The number of nitrogens with zero attached hydrogens (tertiary/aromatic N) is 4. The monoisotopic (exact) mass is 295 g/mol. The number of nitrogens with one attached hydrogen (secondary N) is 1. The molecule has 0 atom stereocenters. The minimum Gasteiger partial charge on any atom is -0.361 e. The first-order valence-corrected chi connectivity index (χ1v) is 7.04. The number of carbonyl (C=O) groups excluding carboxylic acids is 1. The van der Waals surface area contributed by atoms with Crippen molar-refractivity contribution in [2.45, 2.75) is 19.8 Å². The Bertz CT molecular complexity index is 578. The van der Waals surface area contributed by atoms with E-state index in [1.807, 2.05) is 21.0 Å². The zero-order valence-electron chi connectivity index (χ0n) is 11.7. The molecule has 20 heavy (non-hydrogen) atoms. The van der Waals surface area contributed by atoms with Crippen LogP contribution in [0, 0.1) is 6.92 Å². The van der Waals surface area contributed by atoms with Crippen molar-refractivity contribution in [3.63, 3.8) is 0 Å². The maximum absolute atomic E-state index is 11.8. The second-order valence-corrected chi connectivity index (χ2v) is 5.78. The number of anilines is 1. The summed E-state index contributed by atoms with van der Waals surface area (Å²) in [5.74, 6) is 0.355. The first kappa shape index (κ1) is 14.6. The molecular weight excluding hydrogens is 278 g/mol. The van der Waals surface area contributed by atoms with Gasteiger partial charge in [0.2, 0.25) is 11.0 Å². The standard InChI is InChI=1S/C12H17N5O2S/c1-8-6-9(19-16-8)7-10(18)13-12-15-14-11(20-12)4-5-17(2)3/h6H,4-5,7H2,1-3H3,(H,13,15,18). The van der Waals surface area contributed by atoms with E-state index in [-0.39, 0.29) is 12.3 Å². The van der Waals surface area contributed by atoms with Gasteiger partial charge in [0, 0.05) is 19.0 Å². The van der Waals surface area contributed by atoms with Crippen molar-refractivity contribution >= 4 is 22.4 Å². The van der Waals surface area contributed by atoms with Gasteiger partial charge in [-0.2, -0.15) is 0 Å². The van der Waals surface area contributed by atoms with E-state index in [0.717, 1.165) is 23.7 Å². The third-order valence-corrected chi connectivity index (χ3v) is 3.40. The molecule has 0 fully saturated rings. The Morgan fingerprint density at radius 3 is 2.90 bits per heavy atom. The normalized spacial score (nSPS) is 11.0. The van der Waals surface area contributed by atoms with Gasteiger partial charge in [0.1, 0.15) is 10.8 Å². The fourth-order valence-corrected chi connectivity index (χ4v) is 2.29. The van der Waals surface area contributed by atoms with Crippen LogP contribution >= 0.6 is 11.3 Å². The molecule has 2 aromatic heterocycles. The van der Waals surface area contributed by atoms with Crippen LogP contribution in [-0.4, -0.2) is 46.8 Å². The highest BCUT2D eigenvalue weighted by Gasteiger charge is 2.11. The van der Waals surface area contributed by atoms with Gasteiger partial charge in [-0.1, -0.05) is 16.5 Å². The SMILES string of the molecule is Cc1cc(CC(=O)Nc2nnc(CCN(C)C)s2)on1. The lowest BCUT2D eigenvalue weighted by Gasteiger charge is -2.05. The smallest absolute Gasteiger partial charge is 0.233 e. The van der Waals surface area contributed by atoms with E-state index in [0.29, 0.717) is 10.9 Å². The summed E-state index contributed by atoms with van der Waals surface area (Å²) in [6.07, 6.45) is 0.968. The molecule has 1 N–H and O–H groups in total. The van der Waals surface area contributed by atoms with E-state index in [1.165, 1.54) is 11.3 Å². The zero-order valence-corrected chi connectivity index (χ0v) is 12.5. The quantitative estimate of drug-likeness (QED) is 0.859. The minimum atomic E-state index is -0.184. The molecule has 0 aliphatic rings. The molecule has 0 unspecified atom stereocenters. The highest BCUT2D eigenvalue weighted by molar-refractivity contribution is 7.15. The summed E-state index contributed by atoms with van der Waals surface area (Å²) in [7, 11) is 4.01. The van der Waals surface area contributed by atoms with Crippen molar-refractivity contribution in [1.82, 2.24) is 20.3 Å². The van der Waals surface area contributed by atoms with Gasteiger partial charge in [0.15, 0.2) is 0 Å². The van der Waals surface area contributed by atoms with E-state index >= 15 is 0 Å². The van der Waals surface area contributed by atoms with Crippen molar-refractivity contribution < 1.29 is 9.32 Å². The number of amides is 1. The van der Waals surface area contributed by atoms with Crippen LogP contribution in [0.15, 0.2) is 10.6 Å². The van der Waals surface area contributed by atoms with Crippen LogP contribution in [0.3, 0.4) is 0 Å². The number of aryl methyl sites for hydroxylation is 1. The van der Waals surface area contributed by atoms with Crippen molar-refractivity contribution in [3.8, 4) is 0 Å². The number of hydrogen-bond donors (Lipinski definition) is 1. The summed E-state index contributed by atoms with van der Waals surface area (Å²) in [5.41, 5.74) is 0.759. The van der Waals surface area contributed by atoms with E-state index in [1.54, 1.807) is 6.07 Å². The third kappa shape index (κ3) is 4.39. The first-order chi connectivity index (χ1) is 9.52. The van der Waals surface area contributed by atoms with Crippen molar-refractivity contribution in [3.05, 3.63) is 22.5 Å². The molecule has 2 aromatic rings. The number of aromatic nitrogens is 3. The third-order valence-electron chi connectivity index (χ3n) is 2.50. The Morgan fingerprint density at radius 1 is 1.45 bits per heavy atom. The van der Waals surface area contributed by atoms with Crippen LogP contribution in [0.5, 0.6) is 0 Å². The maximum Gasteiger partial charge on any atom is 0.233 e. The predicted octanol–water partition coefficient (Wildman–Crippen LogP) is 1.12. The van der Waals surface area contributed by atoms with Gasteiger partial charge >= 0.3 is 0 Å². The lowest BCUT2D eigenvalue weighted by Crippen LogP contribution is -2.14. The average molecular weight is 295 g/mol. The molecule has 0 spiro atoms. The molecule has 0 radical (unpaired) electrons. The molecule has 0 aliphatic heterocycles. The van der Waals surface area contributed by atoms with Gasteiger partial charge in [-0.3, -0.25) is 4.79 Å². The van der Waals surface area contributed by atoms with Gasteiger partial charge in [-0.25, -0.2) is 0 Å². The maximum atomic E-state index is 11.8. The molecule has 2 rings (SSSR count). The fraction of sp³-hybridized carbons (Fsp3) is 0.500. The minimum absolute atomic E-state index is 0.146. The predicted molar refractivity (Wildman–Crippen MR) is 75.7 cm³/mol. The molecule has 1 amide bonds. The average Bonchev–Trinajstić information content (AvgIpc) is 2.96. The van der Waals surface area contributed by atoms with Crippen LogP contribution < -0.4 is 5.32 Å². The molecule has 7 nitrogen and oxygen atoms in total. The molecule has 0 saturated heterocycles. The number of rotatable bonds is 6. The molecule has 108 valence electrons. The Balaban J connectivity index is 1.85. The van der Waals surface area contributed by atoms with Gasteiger partial charge in [0.25, 0.3) is 0 Å². The second kappa shape index (κ2) is 6.58. The highest BCUT2D eigenvalue weighted by Crippen LogP contribution is 2.16. The lowest BCUT2D eigenvalue weighted by atomic mass is 10.3. The fourth-order valence-electron chi connectivity index (χ4n) is 1.55. The highest BCUT2D eigenvalue weighted by atomic mass is 32.1. The Labute approximate surface area is 121 Å². The Morgan fingerprint density at radius 2 is 2.25 bits per heavy atom. The van der Waals surface area contributed by atoms with Crippen LogP contribution in [0.4, 0.5) is 5.13 Å². The number of likely N-dealkylation sites (N-methyl/N-ethyl adjacent to an activating group) is 1. The summed E-state index contributed by atoms with van der Waals surface area (Å²) < 4.78 is 4.99. The molecule has 0 aliphatic carbocycles. The lowest BCUT2D eigenvalue weighted by molar-refractivity contribution is -0.115. The summed E-state index contributed by atoms with van der Waals surface area (Å²) in [6.45, 7) is 2.71. The van der Waals surface area contributed by atoms with Crippen LogP contribution in [-0.2, 0) is 17.6 Å². The number of hydrogen-bond acceptors (Lipinski definition) is 7. The topological polar surface area (TPSA) is 84.2 Å². The summed E-state index contributed by atoms with van der Waals surface area (Å²) in [4.78, 5) is 13.9. The largest absolute Gasteiger partial charge is 0.361 e. The Hall–Kier alpha value is -1.80. The van der Waals surface area contributed by atoms with Gasteiger partial charge in [0.05, 0.1) is 12.1 Å². The zero-order chi connectivity index (χ0) is 14.5. The van der Waals surface area contributed by atoms with Crippen LogP contribution in [0.2, 0.25) is 0 Å². The van der Waals surface area contributed by atoms with E-state index in [2.05, 4.69) is 25.6 Å². The van der Waals surface area contributed by atoms with Crippen molar-refractivity contribution in [2.75, 3.05) is 26.0 Å². The Kier molecular flexibility index (Phi) is 4.80. The molecule has 2 heterocycles. The van der Waals surface area contributed by atoms with E-state index in [4.69, 9.17) is 4.52 Å². The first-order valence-electron chi connectivity index (χ1n) is 6.22. The van der Waals surface area contributed by atoms with Gasteiger partial charge < -0.3 is 14.7 Å². The molecular formula is C12H17N5O2S. The molecule has 0 saturated carbocycles. The summed E-state index contributed by atoms with van der Waals surface area (Å²) in [5, 5.41) is 15.9. The van der Waals surface area contributed by atoms with E-state index in [9.17, 15) is 4.79 Å². The van der Waals surface area contributed by atoms with Crippen molar-refractivity contribution in [1.29, 1.82) is 0 Å². The van der Waals surface area contributed by atoms with Crippen LogP contribution in [0.1, 0.15) is 16.5 Å². The molecule has 0 aromatic carbocycles. The van der Waals surface area contributed by atoms with Gasteiger partial charge in [-0.15, -0.1) is 10.2 Å².